The number of halogens is 1. The minimum Gasteiger partial charge on any atom is -0.465 e. The maximum Gasteiger partial charge on any atom is 0.416 e. The van der Waals surface area contributed by atoms with Crippen LogP contribution in [0.3, 0.4) is 0 Å². The van der Waals surface area contributed by atoms with Gasteiger partial charge in [0.25, 0.3) is 11.8 Å². The number of carbonyl (C=O) groups is 2. The standard InChI is InChI=1S/C28H32FN7O5/c1-34(2)6-3-22-31-19-11-17-9-16(10-18(17)23(29)24(19)40-22)13-35-7-4-28(5-8-35)15-36(27(38)41-28)20-12-30-26-25(32-20)33-21(37)14-39-26/h11-12,16H,3-10,13-15H2,1-2H3,(H,32,33,37). The summed E-state index contributed by atoms with van der Waals surface area (Å²) in [4.78, 5) is 43.5. The second-order valence-electron chi connectivity index (χ2n) is 11.8. The van der Waals surface area contributed by atoms with Gasteiger partial charge in [0.2, 0.25) is 0 Å². The fourth-order valence-corrected chi connectivity index (χ4v) is 6.35. The summed E-state index contributed by atoms with van der Waals surface area (Å²) in [6.45, 7) is 3.44. The van der Waals surface area contributed by atoms with Crippen molar-refractivity contribution in [3.63, 3.8) is 0 Å². The molecule has 216 valence electrons. The van der Waals surface area contributed by atoms with Crippen molar-refractivity contribution in [3.05, 3.63) is 35.1 Å². The molecule has 13 heteroatoms. The number of aromatic nitrogens is 3. The summed E-state index contributed by atoms with van der Waals surface area (Å²) >= 11 is 0. The maximum atomic E-state index is 15.4. The molecule has 4 aliphatic rings. The van der Waals surface area contributed by atoms with Crippen LogP contribution in [0.15, 0.2) is 16.7 Å². The molecule has 1 unspecified atom stereocenters. The van der Waals surface area contributed by atoms with Crippen molar-refractivity contribution in [1.82, 2.24) is 24.8 Å². The number of piperidine rings is 1. The first-order valence-electron chi connectivity index (χ1n) is 14.0. The van der Waals surface area contributed by atoms with Gasteiger partial charge in [-0.25, -0.2) is 24.1 Å². The molecule has 0 bridgehead atoms. The predicted molar refractivity (Wildman–Crippen MR) is 146 cm³/mol. The van der Waals surface area contributed by atoms with Gasteiger partial charge in [-0.1, -0.05) is 0 Å². The number of hydrogen-bond acceptors (Lipinski definition) is 10. The van der Waals surface area contributed by atoms with Crippen LogP contribution in [0.25, 0.3) is 11.1 Å². The third-order valence-corrected chi connectivity index (χ3v) is 8.49. The number of amides is 2. The van der Waals surface area contributed by atoms with Crippen LogP contribution in [0.5, 0.6) is 5.88 Å². The molecule has 3 aromatic rings. The molecule has 1 aromatic carbocycles. The Morgan fingerprint density at radius 1 is 1.20 bits per heavy atom. The van der Waals surface area contributed by atoms with Crippen molar-refractivity contribution in [3.8, 4) is 5.88 Å². The summed E-state index contributed by atoms with van der Waals surface area (Å²) in [7, 11) is 3.97. The zero-order chi connectivity index (χ0) is 28.3. The van der Waals surface area contributed by atoms with Crippen LogP contribution < -0.4 is 15.0 Å². The average molecular weight is 566 g/mol. The second kappa shape index (κ2) is 9.91. The van der Waals surface area contributed by atoms with Gasteiger partial charge in [-0.15, -0.1) is 0 Å². The lowest BCUT2D eigenvalue weighted by Gasteiger charge is -2.38. The van der Waals surface area contributed by atoms with Gasteiger partial charge in [-0.05, 0) is 50.0 Å². The molecule has 1 N–H and O–H groups in total. The van der Waals surface area contributed by atoms with Gasteiger partial charge in [0.1, 0.15) is 11.1 Å². The Balaban J connectivity index is 0.966. The van der Waals surface area contributed by atoms with Crippen LogP contribution in [-0.2, 0) is 28.8 Å². The van der Waals surface area contributed by atoms with Gasteiger partial charge in [-0.2, -0.15) is 0 Å². The minimum absolute atomic E-state index is 0.114. The van der Waals surface area contributed by atoms with Crippen LogP contribution in [0, 0.1) is 11.7 Å². The molecule has 12 nitrogen and oxygen atoms in total. The summed E-state index contributed by atoms with van der Waals surface area (Å²) < 4.78 is 32.4. The van der Waals surface area contributed by atoms with E-state index in [0.29, 0.717) is 55.4 Å². The highest BCUT2D eigenvalue weighted by atomic mass is 19.1. The third kappa shape index (κ3) is 4.86. The van der Waals surface area contributed by atoms with Crippen LogP contribution in [0.1, 0.15) is 29.9 Å². The molecule has 41 heavy (non-hydrogen) atoms. The first kappa shape index (κ1) is 26.1. The topological polar surface area (TPSA) is 126 Å². The fourth-order valence-electron chi connectivity index (χ4n) is 6.35. The summed E-state index contributed by atoms with van der Waals surface area (Å²) in [5.74, 6) is 1.03. The van der Waals surface area contributed by atoms with E-state index < -0.39 is 11.7 Å². The van der Waals surface area contributed by atoms with E-state index in [2.05, 4.69) is 25.2 Å². The zero-order valence-corrected chi connectivity index (χ0v) is 23.1. The Labute approximate surface area is 235 Å². The Bertz CT molecular complexity index is 1530. The number of ether oxygens (including phenoxy) is 2. The number of likely N-dealkylation sites (N-methyl/N-ethyl adjacent to an activating group) is 1. The molecule has 2 saturated heterocycles. The van der Waals surface area contributed by atoms with E-state index in [-0.39, 0.29) is 35.6 Å². The lowest BCUT2D eigenvalue weighted by Crippen LogP contribution is -2.48. The van der Waals surface area contributed by atoms with Crippen LogP contribution in [0.4, 0.5) is 20.8 Å². The number of fused-ring (bicyclic) bond motifs is 3. The highest BCUT2D eigenvalue weighted by Crippen LogP contribution is 2.38. The number of hydrogen-bond donors (Lipinski definition) is 1. The molecule has 3 aliphatic heterocycles. The highest BCUT2D eigenvalue weighted by molar-refractivity contribution is 5.94. The van der Waals surface area contributed by atoms with Crippen molar-refractivity contribution < 1.29 is 27.9 Å². The quantitative estimate of drug-likeness (QED) is 0.476. The number of nitrogens with zero attached hydrogens (tertiary/aromatic N) is 6. The van der Waals surface area contributed by atoms with Crippen molar-refractivity contribution in [2.24, 2.45) is 5.92 Å². The number of carbonyl (C=O) groups excluding carboxylic acids is 2. The molecule has 1 spiro atoms. The number of rotatable bonds is 6. The van der Waals surface area contributed by atoms with Gasteiger partial charge >= 0.3 is 6.09 Å². The molecule has 1 atom stereocenters. The molecule has 1 aliphatic carbocycles. The van der Waals surface area contributed by atoms with Gasteiger partial charge in [0.15, 0.2) is 35.5 Å². The first-order chi connectivity index (χ1) is 19.7. The molecular formula is C28H32FN7O5. The number of anilines is 2. The average Bonchev–Trinajstić information content (AvgIpc) is 3.64. The summed E-state index contributed by atoms with van der Waals surface area (Å²) in [5, 5.41) is 2.62. The molecular weight excluding hydrogens is 533 g/mol. The summed E-state index contributed by atoms with van der Waals surface area (Å²) in [5.41, 5.74) is 2.04. The van der Waals surface area contributed by atoms with Gasteiger partial charge in [0.05, 0.1) is 12.7 Å². The highest BCUT2D eigenvalue weighted by Gasteiger charge is 2.48. The van der Waals surface area contributed by atoms with Crippen LogP contribution in [0.2, 0.25) is 0 Å². The SMILES string of the molecule is CN(C)CCc1nc2cc3c(c(F)c2o1)CC(CN1CCC2(CC1)CN(c1cnc4c(n1)NC(=O)CO4)C(=O)O2)C3. The molecule has 0 saturated carbocycles. The Kier molecular flexibility index (Phi) is 6.31. The van der Waals surface area contributed by atoms with Gasteiger partial charge in [-0.3, -0.25) is 9.69 Å². The smallest absolute Gasteiger partial charge is 0.416 e. The van der Waals surface area contributed by atoms with Crippen LogP contribution in [-0.4, -0.2) is 95.8 Å². The molecule has 0 radical (unpaired) electrons. The van der Waals surface area contributed by atoms with E-state index in [9.17, 15) is 9.59 Å². The number of oxazole rings is 1. The van der Waals surface area contributed by atoms with Crippen molar-refractivity contribution >= 4 is 34.7 Å². The van der Waals surface area contributed by atoms with E-state index in [1.54, 1.807) is 0 Å². The molecule has 5 heterocycles. The van der Waals surface area contributed by atoms with E-state index in [1.165, 1.54) is 11.1 Å². The molecule has 2 amide bonds. The van der Waals surface area contributed by atoms with Crippen molar-refractivity contribution in [2.45, 2.75) is 37.7 Å². The predicted octanol–water partition coefficient (Wildman–Crippen LogP) is 2.40. The zero-order valence-electron chi connectivity index (χ0n) is 23.1. The fraction of sp³-hybridized carbons (Fsp3) is 0.536. The number of nitrogens with one attached hydrogen (secondary N) is 1. The van der Waals surface area contributed by atoms with Crippen molar-refractivity contribution in [2.75, 3.05) is 63.6 Å². The van der Waals surface area contributed by atoms with E-state index in [1.807, 2.05) is 25.1 Å². The maximum absolute atomic E-state index is 15.4. The van der Waals surface area contributed by atoms with Gasteiger partial charge in [0, 0.05) is 45.4 Å². The van der Waals surface area contributed by atoms with Crippen LogP contribution >= 0.6 is 0 Å². The minimum atomic E-state index is -0.601. The lowest BCUT2D eigenvalue weighted by molar-refractivity contribution is -0.118. The lowest BCUT2D eigenvalue weighted by atomic mass is 9.90. The van der Waals surface area contributed by atoms with E-state index in [0.717, 1.165) is 43.7 Å². The first-order valence-corrected chi connectivity index (χ1v) is 14.0. The molecule has 2 fully saturated rings. The monoisotopic (exact) mass is 565 g/mol. The number of likely N-dealkylation sites (tertiary alicyclic amines) is 1. The molecule has 2 aromatic heterocycles. The third-order valence-electron chi connectivity index (χ3n) is 8.49. The second-order valence-corrected chi connectivity index (χ2v) is 11.8. The summed E-state index contributed by atoms with van der Waals surface area (Å²) in [6.07, 6.45) is 4.49. The van der Waals surface area contributed by atoms with Crippen molar-refractivity contribution in [1.29, 1.82) is 0 Å². The molecule has 7 rings (SSSR count). The Hall–Kier alpha value is -3.84. The Morgan fingerprint density at radius 3 is 2.83 bits per heavy atom. The largest absolute Gasteiger partial charge is 0.465 e. The van der Waals surface area contributed by atoms with E-state index >= 15 is 4.39 Å². The van der Waals surface area contributed by atoms with Gasteiger partial charge < -0.3 is 29.0 Å². The summed E-state index contributed by atoms with van der Waals surface area (Å²) in [6, 6.07) is 2.00. The van der Waals surface area contributed by atoms with E-state index in [4.69, 9.17) is 13.9 Å². The normalized spacial score (nSPS) is 21.8. The Morgan fingerprint density at radius 2 is 2.02 bits per heavy atom. The number of benzene rings is 1.